The van der Waals surface area contributed by atoms with E-state index < -0.39 is 0 Å². The third kappa shape index (κ3) is 3.62. The predicted octanol–water partition coefficient (Wildman–Crippen LogP) is 11.9. The quantitative estimate of drug-likeness (QED) is 0.195. The smallest absolute Gasteiger partial charge is 0.00987 e. The van der Waals surface area contributed by atoms with E-state index in [1.807, 2.05) is 0 Å². The third-order valence-corrected chi connectivity index (χ3v) is 9.00. The molecule has 0 amide bonds. The average Bonchev–Trinajstić information content (AvgIpc) is 3.07. The van der Waals surface area contributed by atoms with Crippen LogP contribution in [0.15, 0.2) is 158 Å². The lowest BCUT2D eigenvalue weighted by molar-refractivity contribution is 1.66. The highest BCUT2D eigenvalue weighted by atomic mass is 14.1. The van der Waals surface area contributed by atoms with E-state index in [0.29, 0.717) is 0 Å². The summed E-state index contributed by atoms with van der Waals surface area (Å²) in [6, 6.07) is 58.2. The van der Waals surface area contributed by atoms with Crippen LogP contribution in [0.3, 0.4) is 0 Å². The van der Waals surface area contributed by atoms with Gasteiger partial charge in [-0.25, -0.2) is 0 Å². The SMILES string of the molecule is c1ccc2c(c1)ccc1ccc(-c3ccc4ccc(-c5ccc6ccc7c8ccccc8ccc7c6c5)cc4c3)cc12. The Morgan fingerprint density at radius 2 is 0.548 bits per heavy atom. The van der Waals surface area contributed by atoms with Crippen LogP contribution in [0.1, 0.15) is 0 Å². The van der Waals surface area contributed by atoms with Crippen molar-refractivity contribution < 1.29 is 0 Å². The molecule has 0 N–H and O–H groups in total. The van der Waals surface area contributed by atoms with Crippen LogP contribution in [0.4, 0.5) is 0 Å². The maximum atomic E-state index is 2.37. The van der Waals surface area contributed by atoms with Crippen LogP contribution in [0, 0.1) is 0 Å². The molecular formula is C42H26. The van der Waals surface area contributed by atoms with Crippen LogP contribution in [-0.4, -0.2) is 0 Å². The summed E-state index contributed by atoms with van der Waals surface area (Å²) in [6.45, 7) is 0. The summed E-state index contributed by atoms with van der Waals surface area (Å²) in [6.07, 6.45) is 0. The monoisotopic (exact) mass is 530 g/mol. The third-order valence-electron chi connectivity index (χ3n) is 9.00. The van der Waals surface area contributed by atoms with Crippen molar-refractivity contribution in [3.05, 3.63) is 158 Å². The molecule has 0 spiro atoms. The minimum atomic E-state index is 1.24. The fourth-order valence-corrected chi connectivity index (χ4v) is 6.79. The first kappa shape index (κ1) is 23.3. The number of hydrogen-bond donors (Lipinski definition) is 0. The molecule has 0 aromatic heterocycles. The standard InChI is InChI=1S/C42H26/c1-3-7-37-29(6-1)19-22-40-39(37)21-20-31-14-18-35(26-42(31)40)33-16-10-27-9-15-32(23-36(27)24-33)34-17-13-30-12-11-28-5-2-4-8-38(28)41(30)25-34/h1-26H. The van der Waals surface area contributed by atoms with Gasteiger partial charge in [-0.15, -0.1) is 0 Å². The summed E-state index contributed by atoms with van der Waals surface area (Å²) in [5.74, 6) is 0. The fraction of sp³-hybridized carbons (Fsp3) is 0. The van der Waals surface area contributed by atoms with E-state index in [2.05, 4.69) is 158 Å². The van der Waals surface area contributed by atoms with Crippen molar-refractivity contribution in [2.75, 3.05) is 0 Å². The molecule has 194 valence electrons. The van der Waals surface area contributed by atoms with E-state index in [0.717, 1.165) is 0 Å². The molecule has 0 saturated carbocycles. The van der Waals surface area contributed by atoms with Gasteiger partial charge in [0.2, 0.25) is 0 Å². The molecule has 0 aliphatic rings. The number of rotatable bonds is 2. The maximum absolute atomic E-state index is 2.37. The minimum absolute atomic E-state index is 1.24. The number of hydrogen-bond acceptors (Lipinski definition) is 0. The Morgan fingerprint density at radius 1 is 0.190 bits per heavy atom. The summed E-state index contributed by atoms with van der Waals surface area (Å²) >= 11 is 0. The van der Waals surface area contributed by atoms with Crippen molar-refractivity contribution in [3.8, 4) is 22.3 Å². The van der Waals surface area contributed by atoms with Gasteiger partial charge in [0, 0.05) is 0 Å². The molecule has 0 nitrogen and oxygen atoms in total. The highest BCUT2D eigenvalue weighted by molar-refractivity contribution is 6.18. The topological polar surface area (TPSA) is 0 Å². The average molecular weight is 531 g/mol. The van der Waals surface area contributed by atoms with Crippen LogP contribution >= 0.6 is 0 Å². The normalized spacial score (nSPS) is 11.8. The van der Waals surface area contributed by atoms with Gasteiger partial charge in [-0.1, -0.05) is 133 Å². The van der Waals surface area contributed by atoms with Crippen molar-refractivity contribution in [2.24, 2.45) is 0 Å². The summed E-state index contributed by atoms with van der Waals surface area (Å²) in [5.41, 5.74) is 4.97. The summed E-state index contributed by atoms with van der Waals surface area (Å²) in [5, 5.41) is 15.4. The Kier molecular flexibility index (Phi) is 5.00. The van der Waals surface area contributed by atoms with Gasteiger partial charge < -0.3 is 0 Å². The largest absolute Gasteiger partial charge is 0.0616 e. The van der Waals surface area contributed by atoms with Gasteiger partial charge in [-0.2, -0.15) is 0 Å². The zero-order chi connectivity index (χ0) is 27.6. The summed E-state index contributed by atoms with van der Waals surface area (Å²) < 4.78 is 0. The second-order valence-corrected chi connectivity index (χ2v) is 11.4. The minimum Gasteiger partial charge on any atom is -0.0616 e. The highest BCUT2D eigenvalue weighted by Gasteiger charge is 2.09. The molecule has 0 radical (unpaired) electrons. The van der Waals surface area contributed by atoms with E-state index in [1.54, 1.807) is 0 Å². The number of fused-ring (bicyclic) bond motifs is 9. The molecule has 0 aliphatic heterocycles. The molecule has 0 atom stereocenters. The Bertz CT molecular complexity index is 2510. The lowest BCUT2D eigenvalue weighted by atomic mass is 9.93. The Balaban J connectivity index is 1.18. The molecule has 0 fully saturated rings. The molecule has 0 bridgehead atoms. The first-order chi connectivity index (χ1) is 20.8. The van der Waals surface area contributed by atoms with Crippen molar-refractivity contribution in [1.82, 2.24) is 0 Å². The number of benzene rings is 9. The van der Waals surface area contributed by atoms with E-state index in [1.165, 1.54) is 86.9 Å². The lowest BCUT2D eigenvalue weighted by Crippen LogP contribution is -1.85. The van der Waals surface area contributed by atoms with Crippen LogP contribution < -0.4 is 0 Å². The molecule has 9 rings (SSSR count). The summed E-state index contributed by atoms with van der Waals surface area (Å²) in [7, 11) is 0. The van der Waals surface area contributed by atoms with Crippen LogP contribution in [0.2, 0.25) is 0 Å². The van der Waals surface area contributed by atoms with Crippen LogP contribution in [0.25, 0.3) is 86.9 Å². The van der Waals surface area contributed by atoms with E-state index in [4.69, 9.17) is 0 Å². The Labute approximate surface area is 244 Å². The van der Waals surface area contributed by atoms with Crippen molar-refractivity contribution in [1.29, 1.82) is 0 Å². The highest BCUT2D eigenvalue weighted by Crippen LogP contribution is 2.36. The molecular weight excluding hydrogens is 504 g/mol. The molecule has 0 aliphatic carbocycles. The van der Waals surface area contributed by atoms with Gasteiger partial charge in [0.1, 0.15) is 0 Å². The van der Waals surface area contributed by atoms with Crippen molar-refractivity contribution in [3.63, 3.8) is 0 Å². The van der Waals surface area contributed by atoms with Gasteiger partial charge in [0.05, 0.1) is 0 Å². The Morgan fingerprint density at radius 3 is 1.12 bits per heavy atom. The first-order valence-corrected chi connectivity index (χ1v) is 14.6. The van der Waals surface area contributed by atoms with Crippen molar-refractivity contribution >= 4 is 64.6 Å². The van der Waals surface area contributed by atoms with E-state index >= 15 is 0 Å². The van der Waals surface area contributed by atoms with Gasteiger partial charge in [0.15, 0.2) is 0 Å². The zero-order valence-electron chi connectivity index (χ0n) is 23.0. The first-order valence-electron chi connectivity index (χ1n) is 14.6. The molecule has 42 heavy (non-hydrogen) atoms. The second kappa shape index (κ2) is 9.03. The molecule has 0 heterocycles. The fourth-order valence-electron chi connectivity index (χ4n) is 6.79. The molecule has 0 heteroatoms. The second-order valence-electron chi connectivity index (χ2n) is 11.4. The molecule has 9 aromatic rings. The van der Waals surface area contributed by atoms with Gasteiger partial charge >= 0.3 is 0 Å². The molecule has 0 unspecified atom stereocenters. The zero-order valence-corrected chi connectivity index (χ0v) is 23.0. The van der Waals surface area contributed by atoms with Crippen LogP contribution in [-0.2, 0) is 0 Å². The molecule has 0 saturated heterocycles. The Hall–Kier alpha value is -5.46. The van der Waals surface area contributed by atoms with E-state index in [9.17, 15) is 0 Å². The van der Waals surface area contributed by atoms with Gasteiger partial charge in [-0.3, -0.25) is 0 Å². The van der Waals surface area contributed by atoms with Crippen LogP contribution in [0.5, 0.6) is 0 Å². The maximum Gasteiger partial charge on any atom is -0.00987 e. The summed E-state index contributed by atoms with van der Waals surface area (Å²) in [4.78, 5) is 0. The predicted molar refractivity (Wildman–Crippen MR) is 182 cm³/mol. The molecule has 9 aromatic carbocycles. The lowest BCUT2D eigenvalue weighted by Gasteiger charge is -2.11. The van der Waals surface area contributed by atoms with Gasteiger partial charge in [0.25, 0.3) is 0 Å². The van der Waals surface area contributed by atoms with Crippen molar-refractivity contribution in [2.45, 2.75) is 0 Å². The van der Waals surface area contributed by atoms with E-state index in [-0.39, 0.29) is 0 Å². The van der Waals surface area contributed by atoms with Gasteiger partial charge in [-0.05, 0) is 111 Å².